The summed E-state index contributed by atoms with van der Waals surface area (Å²) in [6.07, 6.45) is 0.704. The van der Waals surface area contributed by atoms with Crippen LogP contribution in [0.5, 0.6) is 0 Å². The lowest BCUT2D eigenvalue weighted by atomic mass is 10.1. The van der Waals surface area contributed by atoms with E-state index in [1.807, 2.05) is 20.8 Å². The molecule has 5 heteroatoms. The molecule has 2 saturated heterocycles. The van der Waals surface area contributed by atoms with Crippen molar-refractivity contribution in [1.82, 2.24) is 0 Å². The molecule has 0 aromatic heterocycles. The molecule has 0 bridgehead atoms. The highest BCUT2D eigenvalue weighted by Gasteiger charge is 2.50. The minimum atomic E-state index is -0.580. The van der Waals surface area contributed by atoms with Gasteiger partial charge in [0.1, 0.15) is 18.3 Å². The topological polar surface area (TPSA) is 54.0 Å². The Morgan fingerprint density at radius 3 is 2.71 bits per heavy atom. The maximum Gasteiger partial charge on any atom is 0.302 e. The van der Waals surface area contributed by atoms with Crippen LogP contribution in [0, 0.1) is 0 Å². The highest BCUT2D eigenvalue weighted by molar-refractivity contribution is 5.66. The molecule has 0 radical (unpaired) electrons. The molecule has 0 N–H and O–H groups in total. The van der Waals surface area contributed by atoms with Crippen LogP contribution in [0.1, 0.15) is 40.5 Å². The molecule has 2 aliphatic heterocycles. The predicted octanol–water partition coefficient (Wildman–Crippen LogP) is 1.59. The lowest BCUT2D eigenvalue weighted by Crippen LogP contribution is -2.33. The standard InChI is InChI=1S/C12H20O5/c1-5-8(14-7(2)13)9-6-10-11(15-9)17-12(3,4)16-10/h8-11H,5-6H2,1-4H3/t8?,9-,10+,11+/m0/s1. The molecule has 2 rings (SSSR count). The fourth-order valence-corrected chi connectivity index (χ4v) is 2.41. The first-order valence-corrected chi connectivity index (χ1v) is 6.09. The van der Waals surface area contributed by atoms with E-state index in [-0.39, 0.29) is 30.6 Å². The van der Waals surface area contributed by atoms with Gasteiger partial charge >= 0.3 is 5.97 Å². The van der Waals surface area contributed by atoms with Crippen LogP contribution in [0.15, 0.2) is 0 Å². The summed E-state index contributed by atoms with van der Waals surface area (Å²) in [7, 11) is 0. The zero-order chi connectivity index (χ0) is 12.6. The maximum absolute atomic E-state index is 11.0. The van der Waals surface area contributed by atoms with Gasteiger partial charge in [0.15, 0.2) is 12.1 Å². The molecule has 5 nitrogen and oxygen atoms in total. The molecule has 0 spiro atoms. The number of esters is 1. The van der Waals surface area contributed by atoms with E-state index in [0.29, 0.717) is 6.42 Å². The van der Waals surface area contributed by atoms with Crippen molar-refractivity contribution in [3.63, 3.8) is 0 Å². The molecule has 0 aromatic carbocycles. The second-order valence-electron chi connectivity index (χ2n) is 5.01. The first-order valence-electron chi connectivity index (χ1n) is 6.09. The lowest BCUT2D eigenvalue weighted by Gasteiger charge is -2.24. The Labute approximate surface area is 101 Å². The van der Waals surface area contributed by atoms with Crippen LogP contribution < -0.4 is 0 Å². The number of carbonyl (C=O) groups excluding carboxylic acids is 1. The molecular formula is C12H20O5. The van der Waals surface area contributed by atoms with Gasteiger partial charge < -0.3 is 18.9 Å². The summed E-state index contributed by atoms with van der Waals surface area (Å²) in [5.41, 5.74) is 0. The summed E-state index contributed by atoms with van der Waals surface area (Å²) in [6.45, 7) is 7.12. The third-order valence-electron chi connectivity index (χ3n) is 3.05. The minimum absolute atomic E-state index is 0.0559. The second-order valence-corrected chi connectivity index (χ2v) is 5.01. The third kappa shape index (κ3) is 2.78. The Bertz CT molecular complexity index is 285. The number of carbonyl (C=O) groups is 1. The third-order valence-corrected chi connectivity index (χ3v) is 3.05. The van der Waals surface area contributed by atoms with Crippen LogP contribution in [-0.4, -0.2) is 36.4 Å². The van der Waals surface area contributed by atoms with Crippen molar-refractivity contribution >= 4 is 5.97 Å². The average molecular weight is 244 g/mol. The van der Waals surface area contributed by atoms with E-state index in [2.05, 4.69) is 0 Å². The molecule has 0 aliphatic carbocycles. The van der Waals surface area contributed by atoms with Gasteiger partial charge in [0.2, 0.25) is 0 Å². The molecule has 2 fully saturated rings. The van der Waals surface area contributed by atoms with E-state index >= 15 is 0 Å². The van der Waals surface area contributed by atoms with Crippen LogP contribution in [0.25, 0.3) is 0 Å². The number of hydrogen-bond donors (Lipinski definition) is 0. The number of hydrogen-bond acceptors (Lipinski definition) is 5. The van der Waals surface area contributed by atoms with Crippen molar-refractivity contribution < 1.29 is 23.7 Å². The second kappa shape index (κ2) is 4.55. The Hall–Kier alpha value is -0.650. The van der Waals surface area contributed by atoms with E-state index in [1.165, 1.54) is 6.92 Å². The highest BCUT2D eigenvalue weighted by Crippen LogP contribution is 2.38. The van der Waals surface area contributed by atoms with Crippen LogP contribution in [0.2, 0.25) is 0 Å². The molecular weight excluding hydrogens is 224 g/mol. The Morgan fingerprint density at radius 2 is 2.18 bits per heavy atom. The smallest absolute Gasteiger partial charge is 0.302 e. The summed E-state index contributed by atoms with van der Waals surface area (Å²) in [4.78, 5) is 11.0. The molecule has 0 saturated carbocycles. The monoisotopic (exact) mass is 244 g/mol. The number of rotatable bonds is 3. The first-order chi connectivity index (χ1) is 7.91. The van der Waals surface area contributed by atoms with E-state index in [4.69, 9.17) is 18.9 Å². The lowest BCUT2D eigenvalue weighted by molar-refractivity contribution is -0.217. The van der Waals surface area contributed by atoms with E-state index in [9.17, 15) is 4.79 Å². The van der Waals surface area contributed by atoms with Gasteiger partial charge in [-0.25, -0.2) is 0 Å². The van der Waals surface area contributed by atoms with E-state index in [1.54, 1.807) is 0 Å². The van der Waals surface area contributed by atoms with E-state index in [0.717, 1.165) is 6.42 Å². The molecule has 1 unspecified atom stereocenters. The SMILES string of the molecule is CCC(OC(C)=O)[C@@H]1C[C@H]2OC(C)(C)O[C@H]2O1. The van der Waals surface area contributed by atoms with Crippen LogP contribution in [0.3, 0.4) is 0 Å². The predicted molar refractivity (Wildman–Crippen MR) is 59.2 cm³/mol. The molecule has 0 aromatic rings. The van der Waals surface area contributed by atoms with Gasteiger partial charge in [0.05, 0.1) is 0 Å². The molecule has 98 valence electrons. The largest absolute Gasteiger partial charge is 0.460 e. The quantitative estimate of drug-likeness (QED) is 0.706. The van der Waals surface area contributed by atoms with Gasteiger partial charge in [-0.3, -0.25) is 4.79 Å². The summed E-state index contributed by atoms with van der Waals surface area (Å²) in [6, 6.07) is 0. The van der Waals surface area contributed by atoms with Crippen molar-refractivity contribution in [2.75, 3.05) is 0 Å². The number of fused-ring (bicyclic) bond motifs is 1. The molecule has 2 aliphatic rings. The zero-order valence-electron chi connectivity index (χ0n) is 10.8. The van der Waals surface area contributed by atoms with E-state index < -0.39 is 5.79 Å². The summed E-state index contributed by atoms with van der Waals surface area (Å²) < 4.78 is 22.3. The minimum Gasteiger partial charge on any atom is -0.460 e. The van der Waals surface area contributed by atoms with Crippen LogP contribution >= 0.6 is 0 Å². The summed E-state index contributed by atoms with van der Waals surface area (Å²) in [5.74, 6) is -0.858. The van der Waals surface area contributed by atoms with Gasteiger partial charge in [-0.1, -0.05) is 6.92 Å². The average Bonchev–Trinajstić information content (AvgIpc) is 2.66. The van der Waals surface area contributed by atoms with Crippen LogP contribution in [0.4, 0.5) is 0 Å². The summed E-state index contributed by atoms with van der Waals surface area (Å²) in [5, 5.41) is 0. The molecule has 17 heavy (non-hydrogen) atoms. The Morgan fingerprint density at radius 1 is 1.47 bits per heavy atom. The van der Waals surface area contributed by atoms with Crippen molar-refractivity contribution in [2.24, 2.45) is 0 Å². The van der Waals surface area contributed by atoms with Gasteiger partial charge in [0.25, 0.3) is 0 Å². The van der Waals surface area contributed by atoms with Gasteiger partial charge in [-0.2, -0.15) is 0 Å². The van der Waals surface area contributed by atoms with Crippen LogP contribution in [-0.2, 0) is 23.7 Å². The fourth-order valence-electron chi connectivity index (χ4n) is 2.41. The highest BCUT2D eigenvalue weighted by atomic mass is 16.8. The Kier molecular flexibility index (Phi) is 3.43. The van der Waals surface area contributed by atoms with Crippen molar-refractivity contribution in [3.8, 4) is 0 Å². The molecule has 4 atom stereocenters. The summed E-state index contributed by atoms with van der Waals surface area (Å²) >= 11 is 0. The first kappa shape index (κ1) is 12.8. The maximum atomic E-state index is 11.0. The fraction of sp³-hybridized carbons (Fsp3) is 0.917. The Balaban J connectivity index is 1.93. The number of ether oxygens (including phenoxy) is 4. The van der Waals surface area contributed by atoms with Gasteiger partial charge in [-0.15, -0.1) is 0 Å². The van der Waals surface area contributed by atoms with Crippen molar-refractivity contribution in [3.05, 3.63) is 0 Å². The zero-order valence-corrected chi connectivity index (χ0v) is 10.8. The van der Waals surface area contributed by atoms with Crippen molar-refractivity contribution in [1.29, 1.82) is 0 Å². The molecule has 2 heterocycles. The van der Waals surface area contributed by atoms with Crippen molar-refractivity contribution in [2.45, 2.75) is 70.9 Å². The normalized spacial score (nSPS) is 36.6. The molecule has 0 amide bonds. The van der Waals surface area contributed by atoms with Gasteiger partial charge in [0, 0.05) is 13.3 Å². The van der Waals surface area contributed by atoms with Gasteiger partial charge in [-0.05, 0) is 20.3 Å².